The molecular weight excluding hydrogens is 471 g/mol. The molecule has 2 aliphatic rings. The van der Waals surface area contributed by atoms with Gasteiger partial charge in [-0.2, -0.15) is 5.10 Å². The first-order valence-corrected chi connectivity index (χ1v) is 12.5. The lowest BCUT2D eigenvalue weighted by atomic mass is 9.99. The van der Waals surface area contributed by atoms with E-state index in [1.165, 1.54) is 0 Å². The van der Waals surface area contributed by atoms with Crippen LogP contribution in [0.15, 0.2) is 30.5 Å². The van der Waals surface area contributed by atoms with Gasteiger partial charge in [-0.05, 0) is 69.8 Å². The van der Waals surface area contributed by atoms with Crippen LogP contribution in [0, 0.1) is 6.92 Å². The van der Waals surface area contributed by atoms with Crippen LogP contribution >= 0.6 is 23.2 Å². The second kappa shape index (κ2) is 9.29. The van der Waals surface area contributed by atoms with Crippen LogP contribution in [0.3, 0.4) is 0 Å². The van der Waals surface area contributed by atoms with Crippen LogP contribution in [0.4, 0.5) is 0 Å². The summed E-state index contributed by atoms with van der Waals surface area (Å²) in [5.41, 5.74) is 5.15. The molecule has 1 N–H and O–H groups in total. The third kappa shape index (κ3) is 4.21. The molecule has 3 aromatic rings. The van der Waals surface area contributed by atoms with Gasteiger partial charge in [-0.1, -0.05) is 35.3 Å². The van der Waals surface area contributed by atoms with Crippen molar-refractivity contribution in [2.75, 3.05) is 13.1 Å². The van der Waals surface area contributed by atoms with Crippen molar-refractivity contribution in [3.63, 3.8) is 0 Å². The van der Waals surface area contributed by atoms with E-state index in [1.807, 2.05) is 41.8 Å². The average Bonchev–Trinajstić information content (AvgIpc) is 3.46. The lowest BCUT2D eigenvalue weighted by molar-refractivity contribution is -0.134. The monoisotopic (exact) mass is 498 g/mol. The van der Waals surface area contributed by atoms with Gasteiger partial charge in [-0.25, -0.2) is 14.6 Å². The Morgan fingerprint density at radius 2 is 2.12 bits per heavy atom. The van der Waals surface area contributed by atoms with Gasteiger partial charge in [0.05, 0.1) is 29.7 Å². The minimum atomic E-state index is -0.142. The number of aryl methyl sites for hydroxylation is 1. The highest BCUT2D eigenvalue weighted by Crippen LogP contribution is 2.32. The van der Waals surface area contributed by atoms with Crippen molar-refractivity contribution < 1.29 is 4.79 Å². The Hall–Kier alpha value is -2.48. The number of nitrogens with zero attached hydrogens (tertiary/aromatic N) is 5. The highest BCUT2D eigenvalue weighted by molar-refractivity contribution is 6.35. The molecule has 1 fully saturated rings. The highest BCUT2D eigenvalue weighted by atomic mass is 35.5. The quantitative estimate of drug-likeness (QED) is 0.558. The first-order valence-electron chi connectivity index (χ1n) is 11.7. The van der Waals surface area contributed by atoms with Gasteiger partial charge in [-0.3, -0.25) is 4.79 Å². The summed E-state index contributed by atoms with van der Waals surface area (Å²) in [7, 11) is 0. The third-order valence-corrected chi connectivity index (χ3v) is 7.44. The van der Waals surface area contributed by atoms with Crippen LogP contribution in [0.5, 0.6) is 0 Å². The summed E-state index contributed by atoms with van der Waals surface area (Å²) >= 11 is 12.6. The number of benzene rings is 1. The number of halogens is 2. The number of carbonyl (C=O) groups excluding carboxylic acids is 1. The van der Waals surface area contributed by atoms with Gasteiger partial charge in [-0.15, -0.1) is 0 Å². The van der Waals surface area contributed by atoms with Crippen LogP contribution < -0.4 is 5.32 Å². The third-order valence-electron chi connectivity index (χ3n) is 6.88. The Morgan fingerprint density at radius 3 is 2.82 bits per heavy atom. The maximum absolute atomic E-state index is 12.9. The van der Waals surface area contributed by atoms with Gasteiger partial charge < -0.3 is 10.2 Å². The maximum Gasteiger partial charge on any atom is 0.240 e. The maximum atomic E-state index is 12.9. The summed E-state index contributed by atoms with van der Waals surface area (Å²) < 4.78 is 1.88. The highest BCUT2D eigenvalue weighted by Gasteiger charge is 2.31. The summed E-state index contributed by atoms with van der Waals surface area (Å²) in [6.45, 7) is 7.64. The minimum Gasteiger partial charge on any atom is -0.335 e. The van der Waals surface area contributed by atoms with E-state index in [1.54, 1.807) is 6.07 Å². The van der Waals surface area contributed by atoms with E-state index >= 15 is 0 Å². The number of aromatic nitrogens is 4. The van der Waals surface area contributed by atoms with E-state index in [4.69, 9.17) is 38.3 Å². The SMILES string of the molecule is Cc1nn(C(C)c2ccc(Cl)cc2Cl)c2nc(C3=CC(C)N(C(=O)C4CCCN4)CC3)cnc12. The topological polar surface area (TPSA) is 75.9 Å². The first kappa shape index (κ1) is 23.3. The normalized spacial score (nSPS) is 21.7. The molecule has 3 atom stereocenters. The van der Waals surface area contributed by atoms with Crippen LogP contribution in [0.2, 0.25) is 10.0 Å². The molecule has 7 nitrogen and oxygen atoms in total. The molecule has 4 heterocycles. The Balaban J connectivity index is 1.46. The molecule has 1 amide bonds. The summed E-state index contributed by atoms with van der Waals surface area (Å²) in [5, 5.41) is 9.24. The number of hydrogen-bond donors (Lipinski definition) is 1. The van der Waals surface area contributed by atoms with E-state index < -0.39 is 0 Å². The van der Waals surface area contributed by atoms with Gasteiger partial charge in [0.2, 0.25) is 5.91 Å². The molecule has 2 aromatic heterocycles. The summed E-state index contributed by atoms with van der Waals surface area (Å²) in [6, 6.07) is 5.31. The average molecular weight is 499 g/mol. The van der Waals surface area contributed by atoms with Crippen molar-refractivity contribution >= 4 is 45.8 Å². The zero-order valence-corrected chi connectivity index (χ0v) is 21.1. The van der Waals surface area contributed by atoms with Crippen molar-refractivity contribution in [3.8, 4) is 0 Å². The number of rotatable bonds is 4. The van der Waals surface area contributed by atoms with E-state index in [9.17, 15) is 4.79 Å². The zero-order chi connectivity index (χ0) is 24.0. The molecule has 0 radical (unpaired) electrons. The number of hydrogen-bond acceptors (Lipinski definition) is 5. The molecule has 178 valence electrons. The van der Waals surface area contributed by atoms with E-state index in [2.05, 4.69) is 18.3 Å². The van der Waals surface area contributed by atoms with Gasteiger partial charge >= 0.3 is 0 Å². The van der Waals surface area contributed by atoms with Crippen molar-refractivity contribution in [1.82, 2.24) is 30.0 Å². The van der Waals surface area contributed by atoms with Crippen molar-refractivity contribution in [2.45, 2.75) is 58.2 Å². The van der Waals surface area contributed by atoms with Crippen molar-refractivity contribution in [1.29, 1.82) is 0 Å². The van der Waals surface area contributed by atoms with Crippen LogP contribution in [0.25, 0.3) is 16.7 Å². The fourth-order valence-electron chi connectivity index (χ4n) is 4.98. The van der Waals surface area contributed by atoms with Gasteiger partial charge in [0.15, 0.2) is 5.65 Å². The Morgan fingerprint density at radius 1 is 1.29 bits per heavy atom. The predicted molar refractivity (Wildman–Crippen MR) is 135 cm³/mol. The molecule has 5 rings (SSSR count). The molecule has 0 spiro atoms. The molecule has 9 heteroatoms. The number of carbonyl (C=O) groups is 1. The Labute approximate surface area is 209 Å². The minimum absolute atomic E-state index is 0.00888. The molecule has 0 bridgehead atoms. The molecule has 0 aliphatic carbocycles. The van der Waals surface area contributed by atoms with Crippen molar-refractivity contribution in [2.24, 2.45) is 0 Å². The van der Waals surface area contributed by atoms with Crippen LogP contribution in [-0.4, -0.2) is 55.7 Å². The van der Waals surface area contributed by atoms with Crippen LogP contribution in [-0.2, 0) is 4.79 Å². The largest absolute Gasteiger partial charge is 0.335 e. The lowest BCUT2D eigenvalue weighted by Gasteiger charge is -2.34. The second-order valence-corrected chi connectivity index (χ2v) is 10.0. The number of fused-ring (bicyclic) bond motifs is 1. The molecule has 3 unspecified atom stereocenters. The summed E-state index contributed by atoms with van der Waals surface area (Å²) in [5.74, 6) is 0.198. The fraction of sp³-hybridized carbons (Fsp3) is 0.440. The zero-order valence-electron chi connectivity index (χ0n) is 19.6. The molecule has 0 saturated carbocycles. The Bertz CT molecular complexity index is 1280. The van der Waals surface area contributed by atoms with Gasteiger partial charge in [0.1, 0.15) is 5.52 Å². The number of nitrogens with one attached hydrogen (secondary N) is 1. The van der Waals surface area contributed by atoms with Crippen molar-refractivity contribution in [3.05, 3.63) is 57.5 Å². The van der Waals surface area contributed by atoms with Gasteiger partial charge in [0.25, 0.3) is 0 Å². The molecule has 1 saturated heterocycles. The van der Waals surface area contributed by atoms with E-state index in [0.717, 1.165) is 59.5 Å². The van der Waals surface area contributed by atoms with E-state index in [-0.39, 0.29) is 24.0 Å². The van der Waals surface area contributed by atoms with E-state index in [0.29, 0.717) is 16.6 Å². The smallest absolute Gasteiger partial charge is 0.240 e. The Kier molecular flexibility index (Phi) is 6.35. The lowest BCUT2D eigenvalue weighted by Crippen LogP contribution is -2.48. The van der Waals surface area contributed by atoms with Gasteiger partial charge in [0, 0.05) is 22.6 Å². The summed E-state index contributed by atoms with van der Waals surface area (Å²) in [4.78, 5) is 24.6. The number of amides is 1. The molecule has 34 heavy (non-hydrogen) atoms. The molecule has 2 aliphatic heterocycles. The standard InChI is InChI=1S/C25H28Cl2N6O/c1-14-11-17(8-10-32(14)25(34)21-5-4-9-28-21)22-13-29-23-15(2)31-33(24(23)30-22)16(3)19-7-6-18(26)12-20(19)27/h6-7,11-14,16,21,28H,4-5,8-10H2,1-3H3. The predicted octanol–water partition coefficient (Wildman–Crippen LogP) is 4.81. The van der Waals surface area contributed by atoms with Crippen LogP contribution in [0.1, 0.15) is 56.1 Å². The fourth-order valence-corrected chi connectivity index (χ4v) is 5.54. The molecule has 1 aromatic carbocycles. The second-order valence-electron chi connectivity index (χ2n) is 9.16. The molecular formula is C25H28Cl2N6O. The summed E-state index contributed by atoms with van der Waals surface area (Å²) in [6.07, 6.45) is 6.67. The first-order chi connectivity index (χ1) is 16.3.